The van der Waals surface area contributed by atoms with E-state index in [1.54, 1.807) is 6.07 Å². The molecule has 0 unspecified atom stereocenters. The van der Waals surface area contributed by atoms with Gasteiger partial charge in [-0.1, -0.05) is 74.5 Å². The van der Waals surface area contributed by atoms with Crippen LogP contribution in [-0.2, 0) is 6.42 Å². The van der Waals surface area contributed by atoms with E-state index in [2.05, 4.69) is 46.6 Å². The molecule has 144 valence electrons. The average molecular weight is 374 g/mol. The summed E-state index contributed by atoms with van der Waals surface area (Å²) >= 11 is 0. The lowest BCUT2D eigenvalue weighted by atomic mass is 10.1. The minimum absolute atomic E-state index is 0.192. The third-order valence-electron chi connectivity index (χ3n) is 4.22. The highest BCUT2D eigenvalue weighted by molar-refractivity contribution is 5.93. The minimum atomic E-state index is -0.192. The first-order valence-electron chi connectivity index (χ1n) is 9.62. The summed E-state index contributed by atoms with van der Waals surface area (Å²) in [6.45, 7) is 5.59. The smallest absolute Gasteiger partial charge is 0.270 e. The van der Waals surface area contributed by atoms with Crippen LogP contribution in [-0.4, -0.2) is 29.0 Å². The van der Waals surface area contributed by atoms with Crippen LogP contribution in [0.25, 0.3) is 11.4 Å². The Kier molecular flexibility index (Phi) is 6.73. The average Bonchev–Trinajstić information content (AvgIpc) is 2.73. The first kappa shape index (κ1) is 19.5. The van der Waals surface area contributed by atoms with Gasteiger partial charge in [0.1, 0.15) is 11.5 Å². The number of carbonyl (C=O) groups is 1. The predicted octanol–water partition coefficient (Wildman–Crippen LogP) is 4.18. The molecule has 5 nitrogen and oxygen atoms in total. The number of hydrogen-bond acceptors (Lipinski definition) is 4. The predicted molar refractivity (Wildman–Crippen MR) is 113 cm³/mol. The SMILES string of the molecule is CC(C)CNc1cc(C(=O)NCCc2ccccc2)nc(-c2ccccc2)n1. The summed E-state index contributed by atoms with van der Waals surface area (Å²) in [5.41, 5.74) is 2.44. The largest absolute Gasteiger partial charge is 0.370 e. The van der Waals surface area contributed by atoms with Crippen LogP contribution < -0.4 is 10.6 Å². The maximum atomic E-state index is 12.7. The molecule has 0 bridgehead atoms. The topological polar surface area (TPSA) is 66.9 Å². The van der Waals surface area contributed by atoms with Crippen LogP contribution in [0.3, 0.4) is 0 Å². The quantitative estimate of drug-likeness (QED) is 0.621. The number of carbonyl (C=O) groups excluding carboxylic acids is 1. The molecule has 0 atom stereocenters. The third kappa shape index (κ3) is 5.64. The molecule has 3 rings (SSSR count). The van der Waals surface area contributed by atoms with Crippen LogP contribution in [0.15, 0.2) is 66.7 Å². The number of benzene rings is 2. The standard InChI is InChI=1S/C23H26N4O/c1-17(2)16-25-21-15-20(26-22(27-21)19-11-7-4-8-12-19)23(28)24-14-13-18-9-5-3-6-10-18/h3-12,15,17H,13-14,16H2,1-2H3,(H,24,28)(H,25,26,27). The molecular formula is C23H26N4O. The van der Waals surface area contributed by atoms with E-state index < -0.39 is 0 Å². The summed E-state index contributed by atoms with van der Waals surface area (Å²) in [5.74, 6) is 1.49. The molecule has 2 N–H and O–H groups in total. The van der Waals surface area contributed by atoms with E-state index in [4.69, 9.17) is 0 Å². The maximum absolute atomic E-state index is 12.7. The highest BCUT2D eigenvalue weighted by atomic mass is 16.1. The number of amides is 1. The monoisotopic (exact) mass is 374 g/mol. The third-order valence-corrected chi connectivity index (χ3v) is 4.22. The van der Waals surface area contributed by atoms with Gasteiger partial charge in [0.2, 0.25) is 0 Å². The summed E-state index contributed by atoms with van der Waals surface area (Å²) in [5, 5.41) is 6.26. The molecule has 0 aliphatic carbocycles. The van der Waals surface area contributed by atoms with Gasteiger partial charge in [-0.15, -0.1) is 0 Å². The van der Waals surface area contributed by atoms with Crippen LogP contribution in [0.1, 0.15) is 29.9 Å². The van der Waals surface area contributed by atoms with Crippen LogP contribution in [0.2, 0.25) is 0 Å². The molecule has 28 heavy (non-hydrogen) atoms. The maximum Gasteiger partial charge on any atom is 0.270 e. The fourth-order valence-corrected chi connectivity index (χ4v) is 2.73. The summed E-state index contributed by atoms with van der Waals surface area (Å²) in [7, 11) is 0. The molecule has 5 heteroatoms. The molecule has 3 aromatic rings. The highest BCUT2D eigenvalue weighted by Crippen LogP contribution is 2.18. The number of anilines is 1. The van der Waals surface area contributed by atoms with Crippen LogP contribution in [0.4, 0.5) is 5.82 Å². The van der Waals surface area contributed by atoms with Crippen molar-refractivity contribution in [1.82, 2.24) is 15.3 Å². The van der Waals surface area contributed by atoms with Gasteiger partial charge in [0.25, 0.3) is 5.91 Å². The Labute approximate surface area is 166 Å². The van der Waals surface area contributed by atoms with E-state index in [1.807, 2.05) is 48.5 Å². The number of hydrogen-bond donors (Lipinski definition) is 2. The Morgan fingerprint density at radius 1 is 0.964 bits per heavy atom. The second-order valence-electron chi connectivity index (χ2n) is 7.09. The van der Waals surface area contributed by atoms with Crippen molar-refractivity contribution in [3.63, 3.8) is 0 Å². The first-order valence-corrected chi connectivity index (χ1v) is 9.62. The molecule has 1 amide bonds. The van der Waals surface area contributed by atoms with Gasteiger partial charge in [0.15, 0.2) is 5.82 Å². The van der Waals surface area contributed by atoms with Crippen molar-refractivity contribution in [2.24, 2.45) is 5.92 Å². The molecule has 1 aromatic heterocycles. The Morgan fingerprint density at radius 2 is 1.64 bits per heavy atom. The first-order chi connectivity index (χ1) is 13.6. The highest BCUT2D eigenvalue weighted by Gasteiger charge is 2.13. The van der Waals surface area contributed by atoms with Gasteiger partial charge in [-0.2, -0.15) is 0 Å². The molecule has 2 aromatic carbocycles. The second kappa shape index (κ2) is 9.65. The Hall–Kier alpha value is -3.21. The van der Waals surface area contributed by atoms with E-state index in [9.17, 15) is 4.79 Å². The number of aromatic nitrogens is 2. The lowest BCUT2D eigenvalue weighted by Gasteiger charge is -2.12. The van der Waals surface area contributed by atoms with Crippen molar-refractivity contribution in [3.8, 4) is 11.4 Å². The molecule has 0 radical (unpaired) electrons. The van der Waals surface area contributed by atoms with Gasteiger partial charge < -0.3 is 10.6 Å². The Bertz CT molecular complexity index is 895. The molecular weight excluding hydrogens is 348 g/mol. The van der Waals surface area contributed by atoms with E-state index in [0.29, 0.717) is 29.8 Å². The van der Waals surface area contributed by atoms with Gasteiger partial charge in [-0.05, 0) is 17.9 Å². The van der Waals surface area contributed by atoms with Crippen LogP contribution in [0, 0.1) is 5.92 Å². The van der Waals surface area contributed by atoms with Crippen molar-refractivity contribution in [2.75, 3.05) is 18.4 Å². The normalized spacial score (nSPS) is 10.7. The van der Waals surface area contributed by atoms with Crippen molar-refractivity contribution >= 4 is 11.7 Å². The van der Waals surface area contributed by atoms with E-state index in [-0.39, 0.29) is 5.91 Å². The van der Waals surface area contributed by atoms with Crippen LogP contribution >= 0.6 is 0 Å². The lowest BCUT2D eigenvalue weighted by molar-refractivity contribution is 0.0949. The Balaban J connectivity index is 1.75. The fourth-order valence-electron chi connectivity index (χ4n) is 2.73. The van der Waals surface area contributed by atoms with Crippen LogP contribution in [0.5, 0.6) is 0 Å². The summed E-state index contributed by atoms with van der Waals surface area (Å²) < 4.78 is 0. The lowest BCUT2D eigenvalue weighted by Crippen LogP contribution is -2.27. The molecule has 0 saturated carbocycles. The Morgan fingerprint density at radius 3 is 2.32 bits per heavy atom. The van der Waals surface area contributed by atoms with Gasteiger partial charge in [-0.3, -0.25) is 4.79 Å². The van der Waals surface area contributed by atoms with Gasteiger partial charge >= 0.3 is 0 Å². The summed E-state index contributed by atoms with van der Waals surface area (Å²) in [6, 6.07) is 21.5. The zero-order valence-corrected chi connectivity index (χ0v) is 16.4. The number of rotatable bonds is 8. The summed E-state index contributed by atoms with van der Waals surface area (Å²) in [4.78, 5) is 21.8. The number of nitrogens with zero attached hydrogens (tertiary/aromatic N) is 2. The van der Waals surface area contributed by atoms with Crippen molar-refractivity contribution < 1.29 is 4.79 Å². The van der Waals surface area contributed by atoms with E-state index in [1.165, 1.54) is 5.56 Å². The molecule has 0 aliphatic rings. The molecule has 0 spiro atoms. The van der Waals surface area contributed by atoms with Gasteiger partial charge in [0, 0.05) is 24.7 Å². The summed E-state index contributed by atoms with van der Waals surface area (Å²) in [6.07, 6.45) is 0.779. The fraction of sp³-hybridized carbons (Fsp3) is 0.261. The minimum Gasteiger partial charge on any atom is -0.370 e. The zero-order chi connectivity index (χ0) is 19.8. The van der Waals surface area contributed by atoms with Crippen molar-refractivity contribution in [3.05, 3.63) is 78.0 Å². The van der Waals surface area contributed by atoms with E-state index in [0.717, 1.165) is 18.5 Å². The molecule has 0 fully saturated rings. The molecule has 0 aliphatic heterocycles. The number of nitrogens with one attached hydrogen (secondary N) is 2. The molecule has 0 saturated heterocycles. The van der Waals surface area contributed by atoms with Gasteiger partial charge in [0.05, 0.1) is 0 Å². The van der Waals surface area contributed by atoms with Gasteiger partial charge in [-0.25, -0.2) is 9.97 Å². The van der Waals surface area contributed by atoms with E-state index >= 15 is 0 Å². The zero-order valence-electron chi connectivity index (χ0n) is 16.4. The van der Waals surface area contributed by atoms with Crippen molar-refractivity contribution in [2.45, 2.75) is 20.3 Å². The second-order valence-corrected chi connectivity index (χ2v) is 7.09. The molecule has 1 heterocycles. The van der Waals surface area contributed by atoms with Crippen molar-refractivity contribution in [1.29, 1.82) is 0 Å².